The van der Waals surface area contributed by atoms with Gasteiger partial charge in [-0.25, -0.2) is 18.7 Å². The van der Waals surface area contributed by atoms with Gasteiger partial charge < -0.3 is 19.1 Å². The molecule has 0 radical (unpaired) electrons. The number of nitrogens with zero attached hydrogens (tertiary/aromatic N) is 8. The van der Waals surface area contributed by atoms with E-state index < -0.39 is 34.7 Å². The smallest absolute Gasteiger partial charge is 0.376 e. The third kappa shape index (κ3) is 6.74. The number of halogens is 1. The zero-order valence-electron chi connectivity index (χ0n) is 39.9. The first-order valence-corrected chi connectivity index (χ1v) is 23.8. The molecule has 4 aliphatic rings. The average Bonchev–Trinajstić information content (AvgIpc) is 3.87. The molecule has 69 heavy (non-hydrogen) atoms. The molecule has 3 aliphatic heterocycles. The number of ether oxygens (including phenoxy) is 1. The maximum absolute atomic E-state index is 16.0. The number of nitrogens with one attached hydrogen (secondary N) is 1. The van der Waals surface area contributed by atoms with E-state index in [1.807, 2.05) is 17.9 Å². The highest BCUT2D eigenvalue weighted by atomic mass is 19.1. The fourth-order valence-corrected chi connectivity index (χ4v) is 11.7. The highest BCUT2D eigenvalue weighted by Gasteiger charge is 2.59. The maximum atomic E-state index is 16.0. The molecule has 11 rings (SSSR count). The van der Waals surface area contributed by atoms with Crippen molar-refractivity contribution in [3.8, 4) is 17.2 Å². The van der Waals surface area contributed by atoms with Crippen molar-refractivity contribution in [3.63, 3.8) is 0 Å². The maximum Gasteiger partial charge on any atom is 0.438 e. The van der Waals surface area contributed by atoms with E-state index in [1.165, 1.54) is 21.1 Å². The van der Waals surface area contributed by atoms with Crippen LogP contribution in [0.5, 0.6) is 0 Å². The van der Waals surface area contributed by atoms with Crippen molar-refractivity contribution < 1.29 is 28.0 Å². The summed E-state index contributed by atoms with van der Waals surface area (Å²) in [6.45, 7) is 14.4. The minimum atomic E-state index is -0.872. The number of aromatic nitrogens is 7. The van der Waals surface area contributed by atoms with Gasteiger partial charge in [-0.15, -0.1) is 0 Å². The van der Waals surface area contributed by atoms with E-state index in [4.69, 9.17) is 14.4 Å². The van der Waals surface area contributed by atoms with Crippen LogP contribution in [0.2, 0.25) is 0 Å². The highest BCUT2D eigenvalue weighted by molar-refractivity contribution is 6.52. The van der Waals surface area contributed by atoms with E-state index in [-0.39, 0.29) is 40.8 Å². The van der Waals surface area contributed by atoms with E-state index in [9.17, 15) is 19.2 Å². The minimum absolute atomic E-state index is 0.0105. The molecule has 0 unspecified atom stereocenters. The van der Waals surface area contributed by atoms with E-state index in [0.717, 1.165) is 29.3 Å². The van der Waals surface area contributed by atoms with Gasteiger partial charge in [-0.3, -0.25) is 33.0 Å². The molecule has 3 aromatic carbocycles. The number of amides is 2. The Hall–Kier alpha value is -7.14. The number of ketones is 1. The molecule has 17 heteroatoms. The molecule has 356 valence electrons. The summed E-state index contributed by atoms with van der Waals surface area (Å²) in [6.07, 6.45) is 7.13. The number of hydrogen-bond acceptors (Lipinski definition) is 9. The van der Waals surface area contributed by atoms with Crippen LogP contribution in [0.1, 0.15) is 133 Å². The van der Waals surface area contributed by atoms with Crippen molar-refractivity contribution in [3.05, 3.63) is 139 Å². The van der Waals surface area contributed by atoms with Gasteiger partial charge in [-0.05, 0) is 137 Å². The van der Waals surface area contributed by atoms with Crippen molar-refractivity contribution in [1.82, 2.24) is 38.5 Å². The normalized spacial score (nSPS) is 23.0. The van der Waals surface area contributed by atoms with Gasteiger partial charge in [0.15, 0.2) is 5.82 Å². The zero-order valence-corrected chi connectivity index (χ0v) is 39.9. The first-order valence-electron chi connectivity index (χ1n) is 23.8. The lowest BCUT2D eigenvalue weighted by atomic mass is 9.83. The molecular formula is C52H54FN9O7. The summed E-state index contributed by atoms with van der Waals surface area (Å²) in [4.78, 5) is 74.8. The molecule has 2 amide bonds. The van der Waals surface area contributed by atoms with Gasteiger partial charge in [0.25, 0.3) is 17.6 Å². The van der Waals surface area contributed by atoms with Gasteiger partial charge in [0.1, 0.15) is 22.9 Å². The van der Waals surface area contributed by atoms with Gasteiger partial charge in [-0.1, -0.05) is 31.5 Å². The number of fused-ring (bicyclic) bond motifs is 3. The molecule has 0 spiro atoms. The van der Waals surface area contributed by atoms with E-state index in [0.29, 0.717) is 89.1 Å². The number of rotatable bonds is 9. The van der Waals surface area contributed by atoms with E-state index in [2.05, 4.69) is 60.6 Å². The molecule has 4 aromatic heterocycles. The molecule has 7 aromatic rings. The summed E-state index contributed by atoms with van der Waals surface area (Å²) in [5.74, 6) is -1.51. The number of anilines is 1. The number of aryl methyl sites for hydroxylation is 2. The molecule has 1 saturated heterocycles. The Bertz CT molecular complexity index is 3420. The van der Waals surface area contributed by atoms with Crippen LogP contribution in [0.25, 0.3) is 28.1 Å². The summed E-state index contributed by atoms with van der Waals surface area (Å²) in [7, 11) is 1.52. The third-order valence-electron chi connectivity index (χ3n) is 15.2. The van der Waals surface area contributed by atoms with Crippen LogP contribution in [0.3, 0.4) is 0 Å². The Kier molecular flexibility index (Phi) is 10.1. The van der Waals surface area contributed by atoms with Gasteiger partial charge in [-0.2, -0.15) is 5.10 Å². The topological polar surface area (TPSA) is 175 Å². The highest BCUT2D eigenvalue weighted by Crippen LogP contribution is 2.56. The lowest BCUT2D eigenvalue weighted by Crippen LogP contribution is -2.47. The monoisotopic (exact) mass is 935 g/mol. The van der Waals surface area contributed by atoms with Crippen LogP contribution in [0.15, 0.2) is 81.1 Å². The second kappa shape index (κ2) is 15.7. The predicted molar refractivity (Wildman–Crippen MR) is 255 cm³/mol. The Morgan fingerprint density at radius 3 is 2.36 bits per heavy atom. The van der Waals surface area contributed by atoms with Crippen molar-refractivity contribution in [2.24, 2.45) is 5.92 Å². The molecule has 0 bridgehead atoms. The number of H-pyrrole nitrogens is 1. The van der Waals surface area contributed by atoms with Crippen LogP contribution in [0.4, 0.5) is 10.1 Å². The predicted octanol–water partition coefficient (Wildman–Crippen LogP) is 7.74. The molecule has 16 nitrogen and oxygen atoms in total. The van der Waals surface area contributed by atoms with Crippen molar-refractivity contribution in [2.75, 3.05) is 18.6 Å². The van der Waals surface area contributed by atoms with Crippen LogP contribution in [-0.2, 0) is 21.5 Å². The Morgan fingerprint density at radius 1 is 0.942 bits per heavy atom. The Labute approximate surface area is 396 Å². The third-order valence-corrected chi connectivity index (χ3v) is 15.2. The molecule has 1 N–H and O–H groups in total. The zero-order chi connectivity index (χ0) is 48.6. The molecular weight excluding hydrogens is 882 g/mol. The van der Waals surface area contributed by atoms with Crippen molar-refractivity contribution >= 4 is 34.2 Å². The minimum Gasteiger partial charge on any atom is -0.376 e. The number of hydrogen-bond donors (Lipinski definition) is 1. The lowest BCUT2D eigenvalue weighted by molar-refractivity contribution is -0.114. The molecule has 2 fully saturated rings. The standard InChI is InChI=1S/C52H54FN9O7/c1-9-10-39-42-37(55-62(35-19-27(2)43(53)28(3)20-35)45(42)59-17-16-58(50(59)67)34-12-13-36-40(24-34)57(8)47(65)44(36)63)21-30(5)60(39)46(64)41-23-33-22-31(32-15-18-68-51(6,7)26-32)11-14-38(33)61(41)52(25-29(52)4)48-54-49(66)69-56-48/h11-14,16-17,19-20,22-24,29-30,32,39H,9-10,15,18,21,25-26H2,1-8H3,(H,54,56,66)/t29-,30+,32-,39-,52-/m0/s1. The quantitative estimate of drug-likeness (QED) is 0.142. The van der Waals surface area contributed by atoms with Crippen LogP contribution < -0.4 is 16.3 Å². The number of carbonyl (C=O) groups is 3. The second-order valence-corrected chi connectivity index (χ2v) is 20.2. The molecule has 7 heterocycles. The summed E-state index contributed by atoms with van der Waals surface area (Å²) in [6, 6.07) is 15.7. The number of likely N-dealkylation sites (N-methyl/N-ethyl adjacent to an activating group) is 1. The van der Waals surface area contributed by atoms with Gasteiger partial charge in [0.2, 0.25) is 0 Å². The van der Waals surface area contributed by atoms with E-state index in [1.54, 1.807) is 61.3 Å². The molecule has 1 aliphatic carbocycles. The number of imidazole rings is 1. The number of benzene rings is 3. The first-order chi connectivity index (χ1) is 32.9. The van der Waals surface area contributed by atoms with Gasteiger partial charge in [0.05, 0.1) is 40.0 Å². The van der Waals surface area contributed by atoms with Crippen LogP contribution >= 0.6 is 0 Å². The second-order valence-electron chi connectivity index (χ2n) is 20.2. The number of aromatic amines is 1. The Morgan fingerprint density at radius 2 is 1.68 bits per heavy atom. The summed E-state index contributed by atoms with van der Waals surface area (Å²) < 4.78 is 33.2. The van der Waals surface area contributed by atoms with Gasteiger partial charge >= 0.3 is 11.4 Å². The van der Waals surface area contributed by atoms with Gasteiger partial charge in [0, 0.05) is 55.0 Å². The fourth-order valence-electron chi connectivity index (χ4n) is 11.7. The summed E-state index contributed by atoms with van der Waals surface area (Å²) >= 11 is 0. The first kappa shape index (κ1) is 44.4. The van der Waals surface area contributed by atoms with Crippen molar-refractivity contribution in [1.29, 1.82) is 0 Å². The van der Waals surface area contributed by atoms with Crippen molar-refractivity contribution in [2.45, 2.75) is 116 Å². The van der Waals surface area contributed by atoms with E-state index >= 15 is 9.18 Å². The summed E-state index contributed by atoms with van der Waals surface area (Å²) in [5, 5.41) is 10.3. The SMILES string of the molecule is CCC[C@H]1c2c(nn(-c3cc(C)c(F)c(C)c3)c2-n2ccn(-c3ccc4c(c3)N(C)C(=O)C4=O)c2=O)C[C@@H](C)N1C(=O)c1cc2cc([C@H]3CCOC(C)(C)C3)ccc2n1[C@@]1(c2noc(=O)[nH]2)C[C@@H]1C. The average molecular weight is 936 g/mol. The largest absolute Gasteiger partial charge is 0.438 e. The van der Waals surface area contributed by atoms with Crippen LogP contribution in [0, 0.1) is 25.6 Å². The Balaban J connectivity index is 1.09. The number of Topliss-reactive ketones (excluding diaryl/α,β-unsaturated/α-hetero) is 1. The molecule has 5 atom stereocenters. The fraction of sp³-hybridized carbons (Fsp3) is 0.404. The molecule has 1 saturated carbocycles. The summed E-state index contributed by atoms with van der Waals surface area (Å²) in [5.41, 5.74) is 4.65. The lowest BCUT2D eigenvalue weighted by Gasteiger charge is -2.41. The van der Waals surface area contributed by atoms with Crippen LogP contribution in [-0.4, -0.2) is 81.4 Å². The number of carbonyl (C=O) groups excluding carboxylic acids is 3.